The number of aromatic amines is 1. The van der Waals surface area contributed by atoms with Crippen LogP contribution in [0.1, 0.15) is 15.9 Å². The smallest absolute Gasteiger partial charge is 0.258 e. The van der Waals surface area contributed by atoms with Crippen molar-refractivity contribution in [2.75, 3.05) is 7.05 Å². The summed E-state index contributed by atoms with van der Waals surface area (Å²) in [6.07, 6.45) is 4.79. The van der Waals surface area contributed by atoms with Gasteiger partial charge in [-0.2, -0.15) is 5.10 Å². The second kappa shape index (κ2) is 4.40. The summed E-state index contributed by atoms with van der Waals surface area (Å²) in [6, 6.07) is 1.55. The van der Waals surface area contributed by atoms with Crippen LogP contribution in [0.4, 0.5) is 0 Å². The van der Waals surface area contributed by atoms with E-state index in [1.54, 1.807) is 30.4 Å². The predicted octanol–water partition coefficient (Wildman–Crippen LogP) is 1.93. The second-order valence-corrected chi connectivity index (χ2v) is 3.72. The maximum absolute atomic E-state index is 11.9. The Bertz CT molecular complexity index is 478. The van der Waals surface area contributed by atoms with Gasteiger partial charge in [-0.05, 0) is 17.7 Å². The van der Waals surface area contributed by atoms with Crippen molar-refractivity contribution in [2.24, 2.45) is 0 Å². The molecule has 0 aliphatic rings. The van der Waals surface area contributed by atoms with Gasteiger partial charge < -0.3 is 9.32 Å². The van der Waals surface area contributed by atoms with Crippen molar-refractivity contribution in [1.82, 2.24) is 15.1 Å². The number of carbonyl (C=O) groups excluding carboxylic acids is 1. The van der Waals surface area contributed by atoms with Gasteiger partial charge in [0.2, 0.25) is 5.22 Å². The van der Waals surface area contributed by atoms with E-state index in [4.69, 9.17) is 16.0 Å². The van der Waals surface area contributed by atoms with E-state index < -0.39 is 0 Å². The van der Waals surface area contributed by atoms with E-state index in [2.05, 4.69) is 10.2 Å². The summed E-state index contributed by atoms with van der Waals surface area (Å²) in [5, 5.41) is 6.61. The third-order valence-corrected chi connectivity index (χ3v) is 2.46. The van der Waals surface area contributed by atoms with E-state index in [1.807, 2.05) is 0 Å². The topological polar surface area (TPSA) is 62.1 Å². The number of nitrogens with zero attached hydrogens (tertiary/aromatic N) is 2. The van der Waals surface area contributed by atoms with Crippen molar-refractivity contribution in [2.45, 2.75) is 6.54 Å². The normalized spacial score (nSPS) is 10.4. The van der Waals surface area contributed by atoms with Crippen LogP contribution in [0.15, 0.2) is 29.1 Å². The first kappa shape index (κ1) is 10.8. The minimum absolute atomic E-state index is 0.115. The van der Waals surface area contributed by atoms with Crippen LogP contribution in [0.5, 0.6) is 0 Å². The Balaban J connectivity index is 2.08. The molecule has 0 atom stereocenters. The quantitative estimate of drug-likeness (QED) is 0.890. The number of halogens is 1. The third-order valence-electron chi connectivity index (χ3n) is 2.17. The van der Waals surface area contributed by atoms with Crippen LogP contribution in [0.2, 0.25) is 5.22 Å². The summed E-state index contributed by atoms with van der Waals surface area (Å²) in [5.74, 6) is -0.181. The predicted molar refractivity (Wildman–Crippen MR) is 58.1 cm³/mol. The van der Waals surface area contributed by atoms with Crippen molar-refractivity contribution in [3.05, 3.63) is 41.1 Å². The molecule has 0 spiro atoms. The maximum Gasteiger partial charge on any atom is 0.258 e. The molecule has 0 radical (unpaired) electrons. The highest BCUT2D eigenvalue weighted by Gasteiger charge is 2.17. The lowest BCUT2D eigenvalue weighted by atomic mass is 10.2. The molecule has 0 fully saturated rings. The van der Waals surface area contributed by atoms with Crippen molar-refractivity contribution < 1.29 is 9.21 Å². The number of amides is 1. The molecule has 0 aliphatic heterocycles. The van der Waals surface area contributed by atoms with Gasteiger partial charge in [-0.15, -0.1) is 0 Å². The van der Waals surface area contributed by atoms with Crippen molar-refractivity contribution in [3.63, 3.8) is 0 Å². The Hall–Kier alpha value is -1.75. The molecule has 0 aliphatic carbocycles. The van der Waals surface area contributed by atoms with E-state index >= 15 is 0 Å². The Morgan fingerprint density at radius 1 is 1.69 bits per heavy atom. The fourth-order valence-electron chi connectivity index (χ4n) is 1.36. The largest absolute Gasteiger partial charge is 0.452 e. The molecule has 84 valence electrons. The average molecular weight is 240 g/mol. The van der Waals surface area contributed by atoms with Gasteiger partial charge in [-0.25, -0.2) is 0 Å². The highest BCUT2D eigenvalue weighted by Crippen LogP contribution is 2.18. The lowest BCUT2D eigenvalue weighted by Gasteiger charge is -2.15. The molecule has 0 saturated heterocycles. The molecule has 16 heavy (non-hydrogen) atoms. The summed E-state index contributed by atoms with van der Waals surface area (Å²) in [6.45, 7) is 0.469. The minimum atomic E-state index is -0.181. The molecule has 1 N–H and O–H groups in total. The lowest BCUT2D eigenvalue weighted by molar-refractivity contribution is 0.0784. The number of furan rings is 1. The van der Waals surface area contributed by atoms with E-state index in [0.29, 0.717) is 12.1 Å². The first-order chi connectivity index (χ1) is 7.68. The highest BCUT2D eigenvalue weighted by molar-refractivity contribution is 6.32. The van der Waals surface area contributed by atoms with Crippen molar-refractivity contribution in [3.8, 4) is 0 Å². The molecule has 1 amide bonds. The number of H-pyrrole nitrogens is 1. The number of carbonyl (C=O) groups is 1. The molecular formula is C10H10ClN3O2. The van der Waals surface area contributed by atoms with E-state index in [-0.39, 0.29) is 11.1 Å². The molecule has 5 nitrogen and oxygen atoms in total. The van der Waals surface area contributed by atoms with Crippen LogP contribution in [0, 0.1) is 0 Å². The van der Waals surface area contributed by atoms with E-state index in [1.165, 1.54) is 6.26 Å². The first-order valence-electron chi connectivity index (χ1n) is 4.64. The number of nitrogens with one attached hydrogen (secondary N) is 1. The summed E-state index contributed by atoms with van der Waals surface area (Å²) in [7, 11) is 1.69. The Morgan fingerprint density at radius 3 is 3.06 bits per heavy atom. The summed E-state index contributed by atoms with van der Waals surface area (Å²) < 4.78 is 4.87. The van der Waals surface area contributed by atoms with Crippen LogP contribution >= 0.6 is 11.6 Å². The zero-order valence-corrected chi connectivity index (χ0v) is 9.36. The number of hydrogen-bond acceptors (Lipinski definition) is 3. The van der Waals surface area contributed by atoms with Crippen LogP contribution in [-0.4, -0.2) is 28.1 Å². The average Bonchev–Trinajstić information content (AvgIpc) is 2.88. The maximum atomic E-state index is 11.9. The molecule has 2 heterocycles. The van der Waals surface area contributed by atoms with Gasteiger partial charge >= 0.3 is 0 Å². The van der Waals surface area contributed by atoms with Crippen molar-refractivity contribution >= 4 is 17.5 Å². The van der Waals surface area contributed by atoms with Crippen LogP contribution in [0.3, 0.4) is 0 Å². The van der Waals surface area contributed by atoms with Gasteiger partial charge in [-0.1, -0.05) is 0 Å². The summed E-state index contributed by atoms with van der Waals surface area (Å²) in [4.78, 5) is 13.4. The molecule has 0 saturated carbocycles. The zero-order valence-electron chi connectivity index (χ0n) is 8.61. The van der Waals surface area contributed by atoms with E-state index in [0.717, 1.165) is 5.56 Å². The van der Waals surface area contributed by atoms with Crippen LogP contribution in [-0.2, 0) is 6.54 Å². The van der Waals surface area contributed by atoms with Crippen molar-refractivity contribution in [1.29, 1.82) is 0 Å². The van der Waals surface area contributed by atoms with Gasteiger partial charge in [0.25, 0.3) is 5.91 Å². The second-order valence-electron chi connectivity index (χ2n) is 3.38. The molecule has 2 rings (SSSR count). The Morgan fingerprint density at radius 2 is 2.50 bits per heavy atom. The lowest BCUT2D eigenvalue weighted by Crippen LogP contribution is -2.25. The Kier molecular flexibility index (Phi) is 2.96. The Labute approximate surface area is 97.0 Å². The van der Waals surface area contributed by atoms with Gasteiger partial charge in [0.1, 0.15) is 0 Å². The number of rotatable bonds is 3. The minimum Gasteiger partial charge on any atom is -0.452 e. The zero-order chi connectivity index (χ0) is 11.5. The molecule has 6 heteroatoms. The number of aromatic nitrogens is 2. The van der Waals surface area contributed by atoms with Gasteiger partial charge in [0, 0.05) is 25.4 Å². The van der Waals surface area contributed by atoms with Gasteiger partial charge in [0.15, 0.2) is 0 Å². The molecule has 0 unspecified atom stereocenters. The summed E-state index contributed by atoms with van der Waals surface area (Å²) in [5.41, 5.74) is 1.29. The molecule has 2 aromatic rings. The third kappa shape index (κ3) is 2.09. The highest BCUT2D eigenvalue weighted by atomic mass is 35.5. The summed E-state index contributed by atoms with van der Waals surface area (Å²) >= 11 is 5.73. The van der Waals surface area contributed by atoms with Crippen LogP contribution in [0.25, 0.3) is 0 Å². The molecule has 2 aromatic heterocycles. The van der Waals surface area contributed by atoms with Crippen LogP contribution < -0.4 is 0 Å². The molecule has 0 aromatic carbocycles. The number of hydrogen-bond donors (Lipinski definition) is 1. The molecular weight excluding hydrogens is 230 g/mol. The standard InChI is InChI=1S/C10H10ClN3O2/c1-14(6-7-4-12-13-5-7)10(15)8-2-3-16-9(8)11/h2-5H,6H2,1H3,(H,12,13). The SMILES string of the molecule is CN(Cc1cn[nH]c1)C(=O)c1ccoc1Cl. The fourth-order valence-corrected chi connectivity index (χ4v) is 1.56. The van der Waals surface area contributed by atoms with E-state index in [9.17, 15) is 4.79 Å². The first-order valence-corrected chi connectivity index (χ1v) is 5.02. The monoisotopic (exact) mass is 239 g/mol. The fraction of sp³-hybridized carbons (Fsp3) is 0.200. The molecule has 0 bridgehead atoms. The van der Waals surface area contributed by atoms with Gasteiger partial charge in [-0.3, -0.25) is 9.89 Å². The van der Waals surface area contributed by atoms with Gasteiger partial charge in [0.05, 0.1) is 18.0 Å².